The molecular formula is C16H21N5OS. The molecule has 0 spiro atoms. The van der Waals surface area contributed by atoms with Crippen molar-refractivity contribution in [1.82, 2.24) is 20.2 Å². The SMILES string of the molecule is CCc1ccc(NC(=O)CSc2nnnn2C2CCCC2)cc1. The molecule has 1 fully saturated rings. The summed E-state index contributed by atoms with van der Waals surface area (Å²) >= 11 is 1.39. The largest absolute Gasteiger partial charge is 0.325 e. The van der Waals surface area contributed by atoms with Crippen molar-refractivity contribution in [1.29, 1.82) is 0 Å². The summed E-state index contributed by atoms with van der Waals surface area (Å²) in [5.74, 6) is 0.267. The summed E-state index contributed by atoms with van der Waals surface area (Å²) in [4.78, 5) is 12.1. The van der Waals surface area contributed by atoms with Crippen LogP contribution in [-0.2, 0) is 11.2 Å². The minimum Gasteiger partial charge on any atom is -0.325 e. The predicted octanol–water partition coefficient (Wildman–Crippen LogP) is 3.08. The van der Waals surface area contributed by atoms with Gasteiger partial charge in [-0.3, -0.25) is 4.79 Å². The van der Waals surface area contributed by atoms with Crippen molar-refractivity contribution in [2.75, 3.05) is 11.1 Å². The molecule has 1 heterocycles. The molecule has 1 N–H and O–H groups in total. The summed E-state index contributed by atoms with van der Waals surface area (Å²) in [5, 5.41) is 15.5. The second-order valence-corrected chi connectivity index (χ2v) is 6.67. The lowest BCUT2D eigenvalue weighted by Gasteiger charge is -2.10. The highest BCUT2D eigenvalue weighted by Gasteiger charge is 2.22. The molecule has 0 unspecified atom stereocenters. The maximum absolute atomic E-state index is 12.1. The van der Waals surface area contributed by atoms with Crippen molar-refractivity contribution >= 4 is 23.4 Å². The molecule has 1 saturated carbocycles. The molecule has 1 amide bonds. The van der Waals surface area contributed by atoms with Crippen molar-refractivity contribution in [2.24, 2.45) is 0 Å². The van der Waals surface area contributed by atoms with E-state index in [4.69, 9.17) is 0 Å². The molecule has 122 valence electrons. The molecule has 6 nitrogen and oxygen atoms in total. The van der Waals surface area contributed by atoms with E-state index >= 15 is 0 Å². The van der Waals surface area contributed by atoms with Gasteiger partial charge in [0.2, 0.25) is 11.1 Å². The molecular weight excluding hydrogens is 310 g/mol. The van der Waals surface area contributed by atoms with Gasteiger partial charge >= 0.3 is 0 Å². The van der Waals surface area contributed by atoms with Crippen LogP contribution in [0, 0.1) is 0 Å². The number of rotatable bonds is 6. The lowest BCUT2D eigenvalue weighted by Crippen LogP contribution is -2.15. The van der Waals surface area contributed by atoms with Crippen molar-refractivity contribution in [2.45, 2.75) is 50.2 Å². The topological polar surface area (TPSA) is 72.7 Å². The summed E-state index contributed by atoms with van der Waals surface area (Å²) < 4.78 is 1.88. The van der Waals surface area contributed by atoms with Gasteiger partial charge in [-0.25, -0.2) is 4.68 Å². The number of aromatic nitrogens is 4. The van der Waals surface area contributed by atoms with Crippen LogP contribution in [0.15, 0.2) is 29.4 Å². The van der Waals surface area contributed by atoms with Crippen molar-refractivity contribution in [3.63, 3.8) is 0 Å². The highest BCUT2D eigenvalue weighted by atomic mass is 32.2. The van der Waals surface area contributed by atoms with Crippen molar-refractivity contribution < 1.29 is 4.79 Å². The minimum absolute atomic E-state index is 0.0415. The number of amides is 1. The Labute approximate surface area is 140 Å². The lowest BCUT2D eigenvalue weighted by atomic mass is 10.1. The Morgan fingerprint density at radius 1 is 1.30 bits per heavy atom. The van der Waals surface area contributed by atoms with Gasteiger partial charge in [-0.05, 0) is 47.4 Å². The number of carbonyl (C=O) groups is 1. The first-order valence-electron chi connectivity index (χ1n) is 8.05. The monoisotopic (exact) mass is 331 g/mol. The fourth-order valence-electron chi connectivity index (χ4n) is 2.81. The van der Waals surface area contributed by atoms with Crippen molar-refractivity contribution in [3.05, 3.63) is 29.8 Å². The fourth-order valence-corrected chi connectivity index (χ4v) is 3.55. The van der Waals surface area contributed by atoms with Crippen molar-refractivity contribution in [3.8, 4) is 0 Å². The van der Waals surface area contributed by atoms with Crippen LogP contribution in [0.5, 0.6) is 0 Å². The third kappa shape index (κ3) is 4.10. The average Bonchev–Trinajstić information content (AvgIpc) is 3.24. The fraction of sp³-hybridized carbons (Fsp3) is 0.500. The number of hydrogen-bond acceptors (Lipinski definition) is 5. The normalized spacial score (nSPS) is 15.0. The molecule has 0 atom stereocenters. The molecule has 1 aromatic carbocycles. The summed E-state index contributed by atoms with van der Waals surface area (Å²) in [7, 11) is 0. The first kappa shape index (κ1) is 16.0. The number of hydrogen-bond donors (Lipinski definition) is 1. The second-order valence-electron chi connectivity index (χ2n) is 5.73. The Hall–Kier alpha value is -1.89. The van der Waals surface area contributed by atoms with Crippen LogP contribution in [0.2, 0.25) is 0 Å². The molecule has 0 radical (unpaired) electrons. The molecule has 7 heteroatoms. The smallest absolute Gasteiger partial charge is 0.234 e. The van der Waals surface area contributed by atoms with Gasteiger partial charge in [0.15, 0.2) is 0 Å². The van der Waals surface area contributed by atoms with Gasteiger partial charge in [-0.15, -0.1) is 5.10 Å². The Bertz CT molecular complexity index is 649. The highest BCUT2D eigenvalue weighted by molar-refractivity contribution is 7.99. The number of nitrogens with zero attached hydrogens (tertiary/aromatic N) is 4. The maximum atomic E-state index is 12.1. The number of nitrogens with one attached hydrogen (secondary N) is 1. The third-order valence-corrected chi connectivity index (χ3v) is 5.04. The van der Waals surface area contributed by atoms with E-state index in [2.05, 4.69) is 27.8 Å². The number of benzene rings is 1. The molecule has 0 aliphatic heterocycles. The lowest BCUT2D eigenvalue weighted by molar-refractivity contribution is -0.113. The Balaban J connectivity index is 1.53. The summed E-state index contributed by atoms with van der Waals surface area (Å²) in [6, 6.07) is 8.32. The van der Waals surface area contributed by atoms with E-state index in [1.165, 1.54) is 30.2 Å². The molecule has 1 aromatic heterocycles. The van der Waals surface area contributed by atoms with Crippen LogP contribution in [0.1, 0.15) is 44.2 Å². The molecule has 2 aromatic rings. The zero-order chi connectivity index (χ0) is 16.1. The van der Waals surface area contributed by atoms with Crippen LogP contribution in [0.25, 0.3) is 0 Å². The predicted molar refractivity (Wildman–Crippen MR) is 90.5 cm³/mol. The second kappa shape index (κ2) is 7.59. The number of anilines is 1. The van der Waals surface area contributed by atoms with Crippen LogP contribution in [-0.4, -0.2) is 31.9 Å². The Kier molecular flexibility index (Phi) is 5.27. The van der Waals surface area contributed by atoms with Gasteiger partial charge in [0.1, 0.15) is 0 Å². The summed E-state index contributed by atoms with van der Waals surface area (Å²) in [6.07, 6.45) is 5.68. The van der Waals surface area contributed by atoms with E-state index in [1.54, 1.807) is 0 Å². The van der Waals surface area contributed by atoms with Crippen LogP contribution >= 0.6 is 11.8 Å². The average molecular weight is 331 g/mol. The molecule has 1 aliphatic carbocycles. The first-order chi connectivity index (χ1) is 11.3. The zero-order valence-corrected chi connectivity index (χ0v) is 14.1. The van der Waals surface area contributed by atoms with Crippen LogP contribution in [0.3, 0.4) is 0 Å². The highest BCUT2D eigenvalue weighted by Crippen LogP contribution is 2.31. The number of tetrazole rings is 1. The number of aryl methyl sites for hydroxylation is 1. The third-order valence-electron chi connectivity index (χ3n) is 4.11. The van der Waals surface area contributed by atoms with E-state index in [9.17, 15) is 4.79 Å². The molecule has 0 saturated heterocycles. The molecule has 0 bridgehead atoms. The Morgan fingerprint density at radius 2 is 2.04 bits per heavy atom. The van der Waals surface area contributed by atoms with Gasteiger partial charge in [-0.2, -0.15) is 0 Å². The number of thioether (sulfide) groups is 1. The zero-order valence-electron chi connectivity index (χ0n) is 13.2. The van der Waals surface area contributed by atoms with E-state index in [-0.39, 0.29) is 5.91 Å². The van der Waals surface area contributed by atoms with E-state index < -0.39 is 0 Å². The Morgan fingerprint density at radius 3 is 2.74 bits per heavy atom. The summed E-state index contributed by atoms with van der Waals surface area (Å²) in [5.41, 5.74) is 2.08. The number of carbonyl (C=O) groups excluding carboxylic acids is 1. The van der Waals surface area contributed by atoms with Gasteiger partial charge in [0.25, 0.3) is 0 Å². The minimum atomic E-state index is -0.0415. The van der Waals surface area contributed by atoms with Gasteiger partial charge in [-0.1, -0.05) is 43.7 Å². The van der Waals surface area contributed by atoms with Crippen LogP contribution < -0.4 is 5.32 Å². The van der Waals surface area contributed by atoms with E-state index in [0.717, 1.165) is 30.1 Å². The maximum Gasteiger partial charge on any atom is 0.234 e. The van der Waals surface area contributed by atoms with E-state index in [0.29, 0.717) is 11.8 Å². The molecule has 1 aliphatic rings. The van der Waals surface area contributed by atoms with Gasteiger partial charge in [0, 0.05) is 5.69 Å². The van der Waals surface area contributed by atoms with Crippen LogP contribution in [0.4, 0.5) is 5.69 Å². The molecule has 23 heavy (non-hydrogen) atoms. The van der Waals surface area contributed by atoms with E-state index in [1.807, 2.05) is 28.9 Å². The summed E-state index contributed by atoms with van der Waals surface area (Å²) in [6.45, 7) is 2.11. The van der Waals surface area contributed by atoms with Gasteiger partial charge < -0.3 is 5.32 Å². The first-order valence-corrected chi connectivity index (χ1v) is 9.04. The van der Waals surface area contributed by atoms with Gasteiger partial charge in [0.05, 0.1) is 11.8 Å². The quantitative estimate of drug-likeness (QED) is 0.824. The molecule has 3 rings (SSSR count). The standard InChI is InChI=1S/C16H21N5OS/c1-2-12-7-9-13(10-8-12)17-15(22)11-23-16-18-19-20-21(16)14-5-3-4-6-14/h7-10,14H,2-6,11H2,1H3,(H,17,22).